The van der Waals surface area contributed by atoms with E-state index in [4.69, 9.17) is 0 Å². The zero-order valence-electron chi connectivity index (χ0n) is 11.4. The Labute approximate surface area is 112 Å². The highest BCUT2D eigenvalue weighted by molar-refractivity contribution is 7.09. The Morgan fingerprint density at radius 3 is 2.72 bits per heavy atom. The first-order valence-corrected chi connectivity index (χ1v) is 7.13. The smallest absolute Gasteiger partial charge is 0.0943 e. The van der Waals surface area contributed by atoms with Gasteiger partial charge < -0.3 is 5.32 Å². The van der Waals surface area contributed by atoms with Crippen LogP contribution in [-0.4, -0.2) is 21.3 Å². The molecule has 2 aromatic rings. The van der Waals surface area contributed by atoms with E-state index in [1.807, 2.05) is 23.3 Å². The summed E-state index contributed by atoms with van der Waals surface area (Å²) in [4.78, 5) is 4.38. The maximum Gasteiger partial charge on any atom is 0.0943 e. The van der Waals surface area contributed by atoms with Gasteiger partial charge in [0.15, 0.2) is 0 Å². The first-order chi connectivity index (χ1) is 8.63. The van der Waals surface area contributed by atoms with Gasteiger partial charge in [-0.25, -0.2) is 4.98 Å². The fraction of sp³-hybridized carbons (Fsp3) is 0.538. The average molecular weight is 264 g/mol. The molecule has 18 heavy (non-hydrogen) atoms. The van der Waals surface area contributed by atoms with E-state index < -0.39 is 0 Å². The quantitative estimate of drug-likeness (QED) is 0.901. The molecule has 0 saturated heterocycles. The molecule has 0 aliphatic heterocycles. The Kier molecular flexibility index (Phi) is 4.14. The SMILES string of the molecule is CCNC(Cc1nccs1)c1c(C)nn(C)c1C. The Hall–Kier alpha value is -1.20. The van der Waals surface area contributed by atoms with Crippen molar-refractivity contribution < 1.29 is 0 Å². The predicted molar refractivity (Wildman–Crippen MR) is 74.9 cm³/mol. The molecule has 2 heterocycles. The third-order valence-corrected chi connectivity index (χ3v) is 4.03. The molecule has 4 nitrogen and oxygen atoms in total. The summed E-state index contributed by atoms with van der Waals surface area (Å²) >= 11 is 1.71. The van der Waals surface area contributed by atoms with E-state index in [1.165, 1.54) is 16.3 Å². The molecule has 0 fully saturated rings. The molecule has 1 N–H and O–H groups in total. The van der Waals surface area contributed by atoms with Crippen LogP contribution in [0.2, 0.25) is 0 Å². The number of aryl methyl sites for hydroxylation is 2. The molecule has 0 aromatic carbocycles. The van der Waals surface area contributed by atoms with E-state index in [-0.39, 0.29) is 0 Å². The summed E-state index contributed by atoms with van der Waals surface area (Å²) in [6.07, 6.45) is 2.80. The van der Waals surface area contributed by atoms with Gasteiger partial charge in [-0.3, -0.25) is 4.68 Å². The maximum atomic E-state index is 4.50. The standard InChI is InChI=1S/C13H20N4S/c1-5-14-11(8-12-15-6-7-18-12)13-9(2)16-17(4)10(13)3/h6-7,11,14H,5,8H2,1-4H3. The van der Waals surface area contributed by atoms with Crippen molar-refractivity contribution in [3.63, 3.8) is 0 Å². The van der Waals surface area contributed by atoms with Crippen LogP contribution in [0, 0.1) is 13.8 Å². The second-order valence-electron chi connectivity index (χ2n) is 4.45. The number of nitrogens with one attached hydrogen (secondary N) is 1. The van der Waals surface area contributed by atoms with Crippen molar-refractivity contribution >= 4 is 11.3 Å². The van der Waals surface area contributed by atoms with Gasteiger partial charge in [-0.1, -0.05) is 6.92 Å². The van der Waals surface area contributed by atoms with Crippen LogP contribution in [0.3, 0.4) is 0 Å². The van der Waals surface area contributed by atoms with Gasteiger partial charge in [0, 0.05) is 42.3 Å². The largest absolute Gasteiger partial charge is 0.310 e. The summed E-state index contributed by atoms with van der Waals surface area (Å²) in [5, 5.41) is 11.2. The highest BCUT2D eigenvalue weighted by atomic mass is 32.1. The van der Waals surface area contributed by atoms with E-state index in [2.05, 4.69) is 36.2 Å². The number of aromatic nitrogens is 3. The molecule has 1 atom stereocenters. The Balaban J connectivity index is 2.29. The highest BCUT2D eigenvalue weighted by Gasteiger charge is 2.20. The summed E-state index contributed by atoms with van der Waals surface area (Å²) in [6, 6.07) is 0.301. The second kappa shape index (κ2) is 5.63. The summed E-state index contributed by atoms with van der Waals surface area (Å²) < 4.78 is 1.96. The van der Waals surface area contributed by atoms with Crippen LogP contribution in [0.4, 0.5) is 0 Å². The fourth-order valence-corrected chi connectivity index (χ4v) is 3.01. The van der Waals surface area contributed by atoms with Crippen molar-refractivity contribution in [2.75, 3.05) is 6.54 Å². The normalized spacial score (nSPS) is 12.9. The van der Waals surface area contributed by atoms with Crippen LogP contribution in [0.1, 0.15) is 34.9 Å². The van der Waals surface area contributed by atoms with Gasteiger partial charge in [-0.2, -0.15) is 5.10 Å². The first-order valence-electron chi connectivity index (χ1n) is 6.25. The lowest BCUT2D eigenvalue weighted by molar-refractivity contribution is 0.543. The minimum Gasteiger partial charge on any atom is -0.310 e. The summed E-state index contributed by atoms with van der Waals surface area (Å²) in [7, 11) is 2.00. The van der Waals surface area contributed by atoms with E-state index >= 15 is 0 Å². The van der Waals surface area contributed by atoms with E-state index in [0.29, 0.717) is 6.04 Å². The van der Waals surface area contributed by atoms with Crippen LogP contribution < -0.4 is 5.32 Å². The Bertz CT molecular complexity index is 501. The molecule has 2 rings (SSSR count). The molecule has 98 valence electrons. The van der Waals surface area contributed by atoms with Crippen molar-refractivity contribution in [1.29, 1.82) is 0 Å². The van der Waals surface area contributed by atoms with Gasteiger partial charge in [-0.15, -0.1) is 11.3 Å². The lowest BCUT2D eigenvalue weighted by Gasteiger charge is -2.17. The molecule has 2 aromatic heterocycles. The van der Waals surface area contributed by atoms with Crippen molar-refractivity contribution in [3.05, 3.63) is 33.5 Å². The van der Waals surface area contributed by atoms with Gasteiger partial charge in [-0.05, 0) is 20.4 Å². The Morgan fingerprint density at radius 1 is 1.44 bits per heavy atom. The average Bonchev–Trinajstić information content (AvgIpc) is 2.89. The molecular weight excluding hydrogens is 244 g/mol. The third kappa shape index (κ3) is 2.62. The van der Waals surface area contributed by atoms with Gasteiger partial charge in [0.05, 0.1) is 10.7 Å². The van der Waals surface area contributed by atoms with E-state index in [0.717, 1.165) is 18.7 Å². The molecule has 0 aliphatic rings. The molecule has 1 unspecified atom stereocenters. The van der Waals surface area contributed by atoms with Crippen LogP contribution in [0.5, 0.6) is 0 Å². The molecule has 0 bridgehead atoms. The number of hydrogen-bond acceptors (Lipinski definition) is 4. The van der Waals surface area contributed by atoms with Crippen LogP contribution in [-0.2, 0) is 13.5 Å². The Morgan fingerprint density at radius 2 is 2.22 bits per heavy atom. The minimum atomic E-state index is 0.301. The highest BCUT2D eigenvalue weighted by Crippen LogP contribution is 2.25. The topological polar surface area (TPSA) is 42.7 Å². The van der Waals surface area contributed by atoms with Gasteiger partial charge >= 0.3 is 0 Å². The molecule has 0 radical (unpaired) electrons. The van der Waals surface area contributed by atoms with Gasteiger partial charge in [0.1, 0.15) is 0 Å². The lowest BCUT2D eigenvalue weighted by atomic mass is 10.0. The van der Waals surface area contributed by atoms with Crippen LogP contribution >= 0.6 is 11.3 Å². The molecular formula is C13H20N4S. The molecule has 0 amide bonds. The summed E-state index contributed by atoms with van der Waals surface area (Å²) in [5.41, 5.74) is 3.65. The summed E-state index contributed by atoms with van der Waals surface area (Å²) in [5.74, 6) is 0. The number of nitrogens with zero attached hydrogens (tertiary/aromatic N) is 3. The monoisotopic (exact) mass is 264 g/mol. The minimum absolute atomic E-state index is 0.301. The lowest BCUT2D eigenvalue weighted by Crippen LogP contribution is -2.24. The number of rotatable bonds is 5. The summed E-state index contributed by atoms with van der Waals surface area (Å²) in [6.45, 7) is 7.29. The second-order valence-corrected chi connectivity index (χ2v) is 5.43. The number of thiazole rings is 1. The molecule has 0 spiro atoms. The van der Waals surface area contributed by atoms with Crippen molar-refractivity contribution in [2.24, 2.45) is 7.05 Å². The zero-order valence-corrected chi connectivity index (χ0v) is 12.2. The van der Waals surface area contributed by atoms with Gasteiger partial charge in [0.2, 0.25) is 0 Å². The number of hydrogen-bond donors (Lipinski definition) is 1. The van der Waals surface area contributed by atoms with Gasteiger partial charge in [0.25, 0.3) is 0 Å². The maximum absolute atomic E-state index is 4.50. The van der Waals surface area contributed by atoms with Crippen LogP contribution in [0.25, 0.3) is 0 Å². The third-order valence-electron chi connectivity index (χ3n) is 3.23. The predicted octanol–water partition coefficient (Wildman–Crippen LogP) is 2.39. The van der Waals surface area contributed by atoms with Crippen molar-refractivity contribution in [3.8, 4) is 0 Å². The molecule has 0 aliphatic carbocycles. The van der Waals surface area contributed by atoms with Crippen molar-refractivity contribution in [1.82, 2.24) is 20.1 Å². The zero-order chi connectivity index (χ0) is 13.1. The van der Waals surface area contributed by atoms with Crippen molar-refractivity contribution in [2.45, 2.75) is 33.2 Å². The van der Waals surface area contributed by atoms with E-state index in [1.54, 1.807) is 11.3 Å². The first kappa shape index (κ1) is 13.2. The fourth-order valence-electron chi connectivity index (χ4n) is 2.35. The van der Waals surface area contributed by atoms with E-state index in [9.17, 15) is 0 Å². The van der Waals surface area contributed by atoms with Crippen LogP contribution in [0.15, 0.2) is 11.6 Å². The molecule has 5 heteroatoms. The molecule has 0 saturated carbocycles. The number of likely N-dealkylation sites (N-methyl/N-ethyl adjacent to an activating group) is 1.